The molecular formula is C23H31N5O. The lowest BCUT2D eigenvalue weighted by molar-refractivity contribution is 0.102. The Bertz CT molecular complexity index is 808. The van der Waals surface area contributed by atoms with Crippen LogP contribution in [0.2, 0.25) is 0 Å². The van der Waals surface area contributed by atoms with E-state index in [1.807, 2.05) is 24.3 Å². The van der Waals surface area contributed by atoms with Crippen molar-refractivity contribution in [3.8, 4) is 0 Å². The van der Waals surface area contributed by atoms with Gasteiger partial charge in [0, 0.05) is 62.5 Å². The summed E-state index contributed by atoms with van der Waals surface area (Å²) in [7, 11) is 0. The quantitative estimate of drug-likeness (QED) is 0.843. The highest BCUT2D eigenvalue weighted by atomic mass is 16.1. The van der Waals surface area contributed by atoms with E-state index in [0.717, 1.165) is 57.2 Å². The summed E-state index contributed by atoms with van der Waals surface area (Å²) in [5.74, 6) is -0.162. The molecule has 0 radical (unpaired) electrons. The Morgan fingerprint density at radius 3 is 2.28 bits per heavy atom. The number of carbonyl (C=O) groups is 1. The molecule has 1 aromatic heterocycles. The summed E-state index contributed by atoms with van der Waals surface area (Å²) >= 11 is 0. The van der Waals surface area contributed by atoms with E-state index in [2.05, 4.69) is 44.1 Å². The Labute approximate surface area is 173 Å². The van der Waals surface area contributed by atoms with Crippen LogP contribution in [-0.4, -0.2) is 61.6 Å². The fraction of sp³-hybridized carbons (Fsp3) is 0.478. The van der Waals surface area contributed by atoms with Gasteiger partial charge in [0.05, 0.1) is 0 Å². The second kappa shape index (κ2) is 9.27. The predicted molar refractivity (Wildman–Crippen MR) is 119 cm³/mol. The number of carbonyl (C=O) groups excluding carboxylic acids is 1. The summed E-state index contributed by atoms with van der Waals surface area (Å²) in [6, 6.07) is 12.0. The van der Waals surface area contributed by atoms with Gasteiger partial charge in [0.15, 0.2) is 0 Å². The molecule has 2 aromatic rings. The smallest absolute Gasteiger partial charge is 0.274 e. The molecule has 2 fully saturated rings. The number of nitrogens with one attached hydrogen (secondary N) is 1. The minimum atomic E-state index is -0.162. The summed E-state index contributed by atoms with van der Waals surface area (Å²) in [5.41, 5.74) is 3.57. The van der Waals surface area contributed by atoms with Gasteiger partial charge in [0.25, 0.3) is 5.91 Å². The van der Waals surface area contributed by atoms with Gasteiger partial charge in [-0.05, 0) is 62.2 Å². The molecule has 29 heavy (non-hydrogen) atoms. The lowest BCUT2D eigenvalue weighted by Crippen LogP contribution is -2.46. The van der Waals surface area contributed by atoms with Crippen molar-refractivity contribution >= 4 is 23.0 Å². The number of nitrogens with zero attached hydrogens (tertiary/aromatic N) is 4. The first-order valence-corrected chi connectivity index (χ1v) is 10.8. The van der Waals surface area contributed by atoms with Gasteiger partial charge in [0.1, 0.15) is 5.69 Å². The molecule has 6 nitrogen and oxygen atoms in total. The summed E-state index contributed by atoms with van der Waals surface area (Å²) in [4.78, 5) is 24.2. The van der Waals surface area contributed by atoms with Crippen LogP contribution in [0.15, 0.2) is 42.6 Å². The van der Waals surface area contributed by atoms with Gasteiger partial charge in [-0.25, -0.2) is 0 Å². The fourth-order valence-electron chi connectivity index (χ4n) is 4.17. The van der Waals surface area contributed by atoms with Crippen molar-refractivity contribution in [2.45, 2.75) is 26.2 Å². The summed E-state index contributed by atoms with van der Waals surface area (Å²) in [6.45, 7) is 9.61. The van der Waals surface area contributed by atoms with Crippen LogP contribution < -0.4 is 15.1 Å². The molecule has 2 aliphatic heterocycles. The number of rotatable bonds is 5. The zero-order chi connectivity index (χ0) is 20.1. The molecule has 154 valence electrons. The largest absolute Gasteiger partial charge is 0.372 e. The van der Waals surface area contributed by atoms with Crippen molar-refractivity contribution in [1.29, 1.82) is 0 Å². The molecule has 1 aromatic carbocycles. The van der Waals surface area contributed by atoms with Crippen molar-refractivity contribution < 1.29 is 4.79 Å². The molecule has 2 saturated heterocycles. The van der Waals surface area contributed by atoms with Crippen LogP contribution >= 0.6 is 0 Å². The number of hydrogen-bond donors (Lipinski definition) is 1. The zero-order valence-electron chi connectivity index (χ0n) is 17.3. The molecule has 0 unspecified atom stereocenters. The summed E-state index contributed by atoms with van der Waals surface area (Å²) in [6.07, 6.45) is 5.57. The number of piperidine rings is 1. The van der Waals surface area contributed by atoms with Crippen molar-refractivity contribution in [2.75, 3.05) is 60.9 Å². The van der Waals surface area contributed by atoms with Crippen molar-refractivity contribution in [3.05, 3.63) is 48.3 Å². The highest BCUT2D eigenvalue weighted by molar-refractivity contribution is 6.03. The van der Waals surface area contributed by atoms with Crippen LogP contribution in [0.3, 0.4) is 0 Å². The molecule has 0 atom stereocenters. The first kappa shape index (κ1) is 19.7. The highest BCUT2D eigenvalue weighted by Crippen LogP contribution is 2.22. The van der Waals surface area contributed by atoms with Crippen LogP contribution in [0.4, 0.5) is 17.1 Å². The third-order valence-electron chi connectivity index (χ3n) is 6.01. The molecule has 3 heterocycles. The first-order chi connectivity index (χ1) is 14.2. The maximum atomic E-state index is 12.7. The van der Waals surface area contributed by atoms with Gasteiger partial charge in [-0.3, -0.25) is 9.78 Å². The average Bonchev–Trinajstić information content (AvgIpc) is 2.80. The number of anilines is 3. The second-order valence-corrected chi connectivity index (χ2v) is 7.87. The fourth-order valence-corrected chi connectivity index (χ4v) is 4.17. The average molecular weight is 394 g/mol. The van der Waals surface area contributed by atoms with E-state index < -0.39 is 0 Å². The molecule has 1 N–H and O–H groups in total. The van der Waals surface area contributed by atoms with E-state index in [9.17, 15) is 4.79 Å². The van der Waals surface area contributed by atoms with Crippen molar-refractivity contribution in [1.82, 2.24) is 9.88 Å². The van der Waals surface area contributed by atoms with Gasteiger partial charge >= 0.3 is 0 Å². The molecule has 4 rings (SSSR count). The molecule has 6 heteroatoms. The maximum Gasteiger partial charge on any atom is 0.274 e. The van der Waals surface area contributed by atoms with Crippen molar-refractivity contribution in [3.63, 3.8) is 0 Å². The maximum absolute atomic E-state index is 12.7. The highest BCUT2D eigenvalue weighted by Gasteiger charge is 2.18. The first-order valence-electron chi connectivity index (χ1n) is 10.8. The Kier molecular flexibility index (Phi) is 6.30. The van der Waals surface area contributed by atoms with Gasteiger partial charge in [-0.15, -0.1) is 0 Å². The number of hydrogen-bond acceptors (Lipinski definition) is 5. The number of amides is 1. The monoisotopic (exact) mass is 393 g/mol. The topological polar surface area (TPSA) is 51.7 Å². The minimum Gasteiger partial charge on any atom is -0.372 e. The Morgan fingerprint density at radius 1 is 0.897 bits per heavy atom. The standard InChI is InChI=1S/C23H31N5O/c1-2-26-14-16-28(17-15-26)21-10-11-24-22(18-21)23(29)25-19-6-8-20(9-7-19)27-12-4-3-5-13-27/h6-11,18H,2-5,12-17H2,1H3,(H,25,29). The van der Waals surface area contributed by atoms with Gasteiger partial charge < -0.3 is 20.0 Å². The molecule has 0 saturated carbocycles. The third kappa shape index (κ3) is 4.88. The van der Waals surface area contributed by atoms with E-state index >= 15 is 0 Å². The molecule has 1 amide bonds. The lowest BCUT2D eigenvalue weighted by atomic mass is 10.1. The predicted octanol–water partition coefficient (Wildman–Crippen LogP) is 3.47. The van der Waals surface area contributed by atoms with Crippen LogP contribution in [-0.2, 0) is 0 Å². The molecule has 2 aliphatic rings. The molecule has 0 aliphatic carbocycles. The van der Waals surface area contributed by atoms with Crippen molar-refractivity contribution in [2.24, 2.45) is 0 Å². The van der Waals surface area contributed by atoms with E-state index in [1.165, 1.54) is 24.9 Å². The number of pyridine rings is 1. The van der Waals surface area contributed by atoms with Crippen LogP contribution in [0.25, 0.3) is 0 Å². The summed E-state index contributed by atoms with van der Waals surface area (Å²) < 4.78 is 0. The Hall–Kier alpha value is -2.60. The van der Waals surface area contributed by atoms with Crippen LogP contribution in [0.5, 0.6) is 0 Å². The van der Waals surface area contributed by atoms with Gasteiger partial charge in [0.2, 0.25) is 0 Å². The second-order valence-electron chi connectivity index (χ2n) is 7.87. The van der Waals surface area contributed by atoms with E-state index in [4.69, 9.17) is 0 Å². The Morgan fingerprint density at radius 2 is 1.59 bits per heavy atom. The lowest BCUT2D eigenvalue weighted by Gasteiger charge is -2.35. The molecular weight excluding hydrogens is 362 g/mol. The summed E-state index contributed by atoms with van der Waals surface area (Å²) in [5, 5.41) is 2.99. The number of piperazine rings is 1. The molecule has 0 bridgehead atoms. The van der Waals surface area contributed by atoms with E-state index in [-0.39, 0.29) is 5.91 Å². The number of likely N-dealkylation sites (N-methyl/N-ethyl adjacent to an activating group) is 1. The number of aromatic nitrogens is 1. The van der Waals surface area contributed by atoms with E-state index in [0.29, 0.717) is 5.69 Å². The minimum absolute atomic E-state index is 0.162. The normalized spacial score (nSPS) is 18.0. The van der Waals surface area contributed by atoms with Crippen LogP contribution in [0, 0.1) is 0 Å². The molecule has 0 spiro atoms. The van der Waals surface area contributed by atoms with Gasteiger partial charge in [-0.1, -0.05) is 6.92 Å². The van der Waals surface area contributed by atoms with E-state index in [1.54, 1.807) is 6.20 Å². The SMILES string of the molecule is CCN1CCN(c2ccnc(C(=O)Nc3ccc(N4CCCCC4)cc3)c2)CC1. The van der Waals surface area contributed by atoms with Crippen LogP contribution in [0.1, 0.15) is 36.7 Å². The Balaban J connectivity index is 1.38. The van der Waals surface area contributed by atoms with Gasteiger partial charge in [-0.2, -0.15) is 0 Å². The number of benzene rings is 1. The zero-order valence-corrected chi connectivity index (χ0v) is 17.3. The third-order valence-corrected chi connectivity index (χ3v) is 6.01.